The predicted octanol–water partition coefficient (Wildman–Crippen LogP) is 1.94. The smallest absolute Gasteiger partial charge is 0.337 e. The zero-order chi connectivity index (χ0) is 17.0. The molecule has 0 unspecified atom stereocenters. The molecule has 7 nitrogen and oxygen atoms in total. The number of hydrogen-bond donors (Lipinski definition) is 1. The lowest BCUT2D eigenvalue weighted by molar-refractivity contribution is 0.0601. The second kappa shape index (κ2) is 6.58. The molecule has 0 amide bonds. The van der Waals surface area contributed by atoms with E-state index in [2.05, 4.69) is 15.3 Å². The quantitative estimate of drug-likeness (QED) is 0.394. The van der Waals surface area contributed by atoms with Gasteiger partial charge in [0.25, 0.3) is 5.04 Å². The number of benzene rings is 1. The summed E-state index contributed by atoms with van der Waals surface area (Å²) in [4.78, 5) is 11.3. The van der Waals surface area contributed by atoms with Crippen LogP contribution in [0.3, 0.4) is 0 Å². The summed E-state index contributed by atoms with van der Waals surface area (Å²) < 4.78 is 27.7. The maximum absolute atomic E-state index is 12.1. The highest BCUT2D eigenvalue weighted by Crippen LogP contribution is 2.18. The molecular weight excluding hydrogens is 306 g/mol. The first-order valence-corrected chi connectivity index (χ1v) is 7.78. The number of methoxy groups -OCH3 is 1. The number of nitrogens with zero attached hydrogens (tertiary/aromatic N) is 2. The van der Waals surface area contributed by atoms with Crippen LogP contribution in [0.5, 0.6) is 0 Å². The predicted molar refractivity (Wildman–Crippen MR) is 83.1 cm³/mol. The van der Waals surface area contributed by atoms with Crippen molar-refractivity contribution in [3.05, 3.63) is 29.8 Å². The molecule has 0 heterocycles. The van der Waals surface area contributed by atoms with Crippen LogP contribution in [-0.2, 0) is 14.6 Å². The van der Waals surface area contributed by atoms with Crippen molar-refractivity contribution in [3.63, 3.8) is 0 Å². The number of anilines is 1. The fraction of sp³-hybridized carbons (Fsp3) is 0.357. The number of carbonyl (C=O) groups excluding carboxylic acids is 1. The molecule has 0 aliphatic carbocycles. The van der Waals surface area contributed by atoms with Crippen LogP contribution in [-0.4, -0.2) is 31.3 Å². The first-order chi connectivity index (χ1) is 10.1. The lowest BCUT2D eigenvalue weighted by atomic mass is 10.2. The van der Waals surface area contributed by atoms with E-state index in [9.17, 15) is 13.2 Å². The molecule has 1 N–H and O–H groups in total. The molecular formula is C14H17N3O4S. The summed E-state index contributed by atoms with van der Waals surface area (Å²) >= 11 is 0. The average molecular weight is 323 g/mol. The summed E-state index contributed by atoms with van der Waals surface area (Å²) in [5.41, 5.74) is 3.27. The molecule has 0 bridgehead atoms. The van der Waals surface area contributed by atoms with Crippen LogP contribution in [0.4, 0.5) is 5.69 Å². The van der Waals surface area contributed by atoms with Gasteiger partial charge in [0, 0.05) is 0 Å². The molecule has 0 fully saturated rings. The van der Waals surface area contributed by atoms with Gasteiger partial charge in [-0.2, -0.15) is 10.4 Å². The first kappa shape index (κ1) is 17.7. The van der Waals surface area contributed by atoms with Gasteiger partial charge in [-0.3, -0.25) is 5.43 Å². The number of hydrazone groups is 1. The Balaban J connectivity index is 3.00. The summed E-state index contributed by atoms with van der Waals surface area (Å²) in [5, 5.41) is 12.0. The summed E-state index contributed by atoms with van der Waals surface area (Å²) in [6.45, 7) is 4.46. The van der Waals surface area contributed by atoms with Crippen molar-refractivity contribution in [1.29, 1.82) is 5.26 Å². The molecule has 0 aliphatic rings. The Morgan fingerprint density at radius 3 is 2.23 bits per heavy atom. The van der Waals surface area contributed by atoms with E-state index in [1.165, 1.54) is 52.1 Å². The molecule has 1 aromatic carbocycles. The average Bonchev–Trinajstić information content (AvgIpc) is 2.46. The number of nitriles is 1. The van der Waals surface area contributed by atoms with Crippen LogP contribution in [0.1, 0.15) is 31.1 Å². The van der Waals surface area contributed by atoms with Gasteiger partial charge in [-0.15, -0.1) is 0 Å². The van der Waals surface area contributed by atoms with E-state index in [-0.39, 0.29) is 0 Å². The minimum atomic E-state index is -3.83. The maximum atomic E-state index is 12.1. The van der Waals surface area contributed by atoms with Gasteiger partial charge >= 0.3 is 5.97 Å². The Hall–Kier alpha value is -2.40. The molecule has 0 saturated carbocycles. The van der Waals surface area contributed by atoms with Gasteiger partial charge < -0.3 is 4.74 Å². The molecule has 0 spiro atoms. The second-order valence-corrected chi connectivity index (χ2v) is 7.94. The fourth-order valence-corrected chi connectivity index (χ4v) is 2.22. The Kier molecular flexibility index (Phi) is 5.28. The third-order valence-corrected chi connectivity index (χ3v) is 5.05. The molecule has 0 radical (unpaired) electrons. The number of ether oxygens (including phenoxy) is 1. The molecule has 1 rings (SSSR count). The van der Waals surface area contributed by atoms with Gasteiger partial charge in [-0.25, -0.2) is 13.2 Å². The Bertz CT molecular complexity index is 723. The number of hydrogen-bond acceptors (Lipinski definition) is 7. The molecule has 22 heavy (non-hydrogen) atoms. The Morgan fingerprint density at radius 1 is 1.27 bits per heavy atom. The largest absolute Gasteiger partial charge is 0.465 e. The maximum Gasteiger partial charge on any atom is 0.337 e. The number of carbonyl (C=O) groups is 1. The third kappa shape index (κ3) is 3.83. The van der Waals surface area contributed by atoms with Crippen LogP contribution >= 0.6 is 0 Å². The fourth-order valence-electron chi connectivity index (χ4n) is 1.35. The minimum Gasteiger partial charge on any atom is -0.465 e. The van der Waals surface area contributed by atoms with Crippen molar-refractivity contribution < 1.29 is 17.9 Å². The summed E-state index contributed by atoms with van der Waals surface area (Å²) in [6.07, 6.45) is 0. The molecule has 0 aliphatic heterocycles. The van der Waals surface area contributed by atoms with Crippen molar-refractivity contribution in [2.24, 2.45) is 5.10 Å². The van der Waals surface area contributed by atoms with Gasteiger partial charge in [0.05, 0.1) is 23.1 Å². The summed E-state index contributed by atoms with van der Waals surface area (Å²) in [6, 6.07) is 7.62. The Morgan fingerprint density at radius 2 is 1.82 bits per heavy atom. The van der Waals surface area contributed by atoms with Crippen molar-refractivity contribution in [2.75, 3.05) is 12.5 Å². The summed E-state index contributed by atoms with van der Waals surface area (Å²) in [7, 11) is -2.56. The molecule has 0 atom stereocenters. The topological polar surface area (TPSA) is 109 Å². The van der Waals surface area contributed by atoms with Gasteiger partial charge in [-0.1, -0.05) is 0 Å². The van der Waals surface area contributed by atoms with E-state index < -0.39 is 25.6 Å². The highest BCUT2D eigenvalue weighted by molar-refractivity contribution is 8.08. The van der Waals surface area contributed by atoms with Crippen molar-refractivity contribution in [1.82, 2.24) is 0 Å². The first-order valence-electron chi connectivity index (χ1n) is 6.30. The van der Waals surface area contributed by atoms with E-state index in [4.69, 9.17) is 5.26 Å². The minimum absolute atomic E-state index is 0.347. The highest BCUT2D eigenvalue weighted by Gasteiger charge is 2.34. The van der Waals surface area contributed by atoms with Crippen molar-refractivity contribution >= 4 is 26.5 Å². The van der Waals surface area contributed by atoms with Crippen molar-refractivity contribution in [2.45, 2.75) is 25.5 Å². The SMILES string of the molecule is COC(=O)c1ccc(N/N=C(/C#N)S(=O)(=O)C(C)(C)C)cc1. The van der Waals surface area contributed by atoms with Crippen LogP contribution in [0, 0.1) is 11.3 Å². The summed E-state index contributed by atoms with van der Waals surface area (Å²) in [5.74, 6) is -0.483. The van der Waals surface area contributed by atoms with Crippen LogP contribution < -0.4 is 5.43 Å². The van der Waals surface area contributed by atoms with Crippen LogP contribution in [0.25, 0.3) is 0 Å². The lowest BCUT2D eigenvalue weighted by Gasteiger charge is -2.17. The number of sulfone groups is 1. The van der Waals surface area contributed by atoms with E-state index >= 15 is 0 Å². The Labute approximate surface area is 129 Å². The van der Waals surface area contributed by atoms with Gasteiger partial charge in [0.2, 0.25) is 9.84 Å². The van der Waals surface area contributed by atoms with Gasteiger partial charge in [0.15, 0.2) is 0 Å². The number of nitrogens with one attached hydrogen (secondary N) is 1. The lowest BCUT2D eigenvalue weighted by Crippen LogP contribution is -2.34. The normalized spacial score (nSPS) is 12.4. The molecule has 0 saturated heterocycles. The number of esters is 1. The zero-order valence-electron chi connectivity index (χ0n) is 12.7. The van der Waals surface area contributed by atoms with Gasteiger partial charge in [0.1, 0.15) is 6.07 Å². The standard InChI is InChI=1S/C14H17N3O4S/c1-14(2,3)22(19,20)12(9-15)17-16-11-7-5-10(6-8-11)13(18)21-4/h5-8,16H,1-4H3/b17-12-. The second-order valence-electron chi connectivity index (χ2n) is 5.33. The van der Waals surface area contributed by atoms with Crippen molar-refractivity contribution in [3.8, 4) is 6.07 Å². The monoisotopic (exact) mass is 323 g/mol. The zero-order valence-corrected chi connectivity index (χ0v) is 13.6. The van der Waals surface area contributed by atoms with E-state index in [0.29, 0.717) is 11.3 Å². The highest BCUT2D eigenvalue weighted by atomic mass is 32.2. The van der Waals surface area contributed by atoms with Gasteiger partial charge in [-0.05, 0) is 45.0 Å². The third-order valence-electron chi connectivity index (χ3n) is 2.75. The van der Waals surface area contributed by atoms with Crippen LogP contribution in [0.15, 0.2) is 29.4 Å². The number of rotatable bonds is 3. The molecule has 0 aromatic heterocycles. The molecule has 118 valence electrons. The molecule has 1 aromatic rings. The van der Waals surface area contributed by atoms with Crippen LogP contribution in [0.2, 0.25) is 0 Å². The van der Waals surface area contributed by atoms with E-state index in [1.807, 2.05) is 0 Å². The van der Waals surface area contributed by atoms with E-state index in [1.54, 1.807) is 6.07 Å². The molecule has 8 heteroatoms. The van der Waals surface area contributed by atoms with E-state index in [0.717, 1.165) is 0 Å².